The van der Waals surface area contributed by atoms with Gasteiger partial charge in [-0.3, -0.25) is 0 Å². The Kier molecular flexibility index (Phi) is 3.95. The molecule has 0 bridgehead atoms. The summed E-state index contributed by atoms with van der Waals surface area (Å²) in [4.78, 5) is 0. The number of fused-ring (bicyclic) bond motifs is 1. The predicted molar refractivity (Wildman–Crippen MR) is 85.3 cm³/mol. The first-order chi connectivity index (χ1) is 9.59. The molecule has 0 atom stereocenters. The molecule has 0 radical (unpaired) electrons. The van der Waals surface area contributed by atoms with Gasteiger partial charge in [-0.1, -0.05) is 0 Å². The van der Waals surface area contributed by atoms with Crippen molar-refractivity contribution in [3.05, 3.63) is 76.4 Å². The molecule has 0 aliphatic heterocycles. The molecule has 3 rings (SSSR count). The van der Waals surface area contributed by atoms with Crippen molar-refractivity contribution >= 4 is 29.1 Å². The molecular formula is C17H14Cl2Ru. The quantitative estimate of drug-likeness (QED) is 0.588. The van der Waals surface area contributed by atoms with Gasteiger partial charge < -0.3 is 0 Å². The molecule has 2 aromatic rings. The molecule has 0 amide bonds. The van der Waals surface area contributed by atoms with E-state index in [1.54, 1.807) is 0 Å². The molecule has 0 fully saturated rings. The van der Waals surface area contributed by atoms with Crippen LogP contribution in [-0.4, -0.2) is 4.11 Å². The summed E-state index contributed by atoms with van der Waals surface area (Å²) in [6.45, 7) is 4.31. The predicted octanol–water partition coefficient (Wildman–Crippen LogP) is 5.20. The Morgan fingerprint density at radius 3 is 2.00 bits per heavy atom. The fourth-order valence-electron chi connectivity index (χ4n) is 2.76. The molecule has 3 heteroatoms. The van der Waals surface area contributed by atoms with E-state index in [9.17, 15) is 0 Å². The Balaban J connectivity index is 2.31. The molecule has 0 saturated heterocycles. The molecule has 0 saturated carbocycles. The summed E-state index contributed by atoms with van der Waals surface area (Å²) >= 11 is -1.91. The topological polar surface area (TPSA) is 0 Å². The molecule has 0 heterocycles. The second-order valence-corrected chi connectivity index (χ2v) is 10.7. The van der Waals surface area contributed by atoms with Crippen molar-refractivity contribution in [2.75, 3.05) is 0 Å². The molecule has 0 spiro atoms. The van der Waals surface area contributed by atoms with Gasteiger partial charge in [-0.25, -0.2) is 0 Å². The number of benzene rings is 2. The number of hydrogen-bond donors (Lipinski definition) is 0. The molecular weight excluding hydrogens is 376 g/mol. The summed E-state index contributed by atoms with van der Waals surface area (Å²) in [5, 5.41) is 0. The maximum atomic E-state index is 6.27. The van der Waals surface area contributed by atoms with Crippen molar-refractivity contribution in [2.45, 2.75) is 13.8 Å². The molecule has 0 unspecified atom stereocenters. The van der Waals surface area contributed by atoms with Crippen molar-refractivity contribution in [1.29, 1.82) is 0 Å². The van der Waals surface area contributed by atoms with Gasteiger partial charge in [0.15, 0.2) is 0 Å². The Labute approximate surface area is 132 Å². The van der Waals surface area contributed by atoms with E-state index in [0.717, 1.165) is 4.11 Å². The first kappa shape index (κ1) is 14.2. The summed E-state index contributed by atoms with van der Waals surface area (Å²) in [6, 6.07) is 14.8. The molecule has 20 heavy (non-hydrogen) atoms. The number of hydrogen-bond acceptors (Lipinski definition) is 0. The Bertz CT molecular complexity index is 733. The van der Waals surface area contributed by atoms with Gasteiger partial charge in [0.05, 0.1) is 0 Å². The standard InChI is InChI=1S/C17H14.2ClH.Ru/c1-12-6-5-7-13(2)17(12)16-11-10-14-8-3-4-9-15(14)16;;;/h3-9,11H,1-2H3;2*1H;/q;;;+2/p-2. The van der Waals surface area contributed by atoms with Gasteiger partial charge in [0.25, 0.3) is 0 Å². The van der Waals surface area contributed by atoms with Crippen LogP contribution >= 0.6 is 19.4 Å². The monoisotopic (exact) mass is 390 g/mol. The van der Waals surface area contributed by atoms with Crippen LogP contribution in [0.1, 0.15) is 27.8 Å². The van der Waals surface area contributed by atoms with Gasteiger partial charge >= 0.3 is 133 Å². The zero-order valence-electron chi connectivity index (χ0n) is 11.2. The first-order valence-corrected chi connectivity index (χ1v) is 11.7. The fourth-order valence-corrected chi connectivity index (χ4v) is 5.24. The maximum absolute atomic E-state index is 6.27. The second kappa shape index (κ2) is 5.56. The SMILES string of the molecule is Cc1cccc(C)c1C1=C[C](=[Ru]([Cl])[Cl])c2ccccc21. The van der Waals surface area contributed by atoms with Crippen LogP contribution in [-0.2, 0) is 13.5 Å². The van der Waals surface area contributed by atoms with E-state index in [4.69, 9.17) is 19.4 Å². The van der Waals surface area contributed by atoms with Crippen molar-refractivity contribution in [1.82, 2.24) is 0 Å². The van der Waals surface area contributed by atoms with Crippen LogP contribution in [0.2, 0.25) is 0 Å². The van der Waals surface area contributed by atoms with E-state index >= 15 is 0 Å². The van der Waals surface area contributed by atoms with Gasteiger partial charge in [-0.2, -0.15) is 0 Å². The van der Waals surface area contributed by atoms with Gasteiger partial charge in [0.1, 0.15) is 0 Å². The Morgan fingerprint density at radius 1 is 0.800 bits per heavy atom. The molecule has 1 aliphatic carbocycles. The molecule has 2 aromatic carbocycles. The van der Waals surface area contributed by atoms with Gasteiger partial charge in [-0.05, 0) is 0 Å². The number of halogens is 2. The number of allylic oxidation sites excluding steroid dienone is 1. The summed E-state index contributed by atoms with van der Waals surface area (Å²) in [6.07, 6.45) is 2.19. The van der Waals surface area contributed by atoms with Crippen LogP contribution in [0.15, 0.2) is 48.5 Å². The average molecular weight is 390 g/mol. The molecule has 0 nitrogen and oxygen atoms in total. The Hall–Kier alpha value is -0.747. The Morgan fingerprint density at radius 2 is 1.40 bits per heavy atom. The normalized spacial score (nSPS) is 14.1. The zero-order chi connectivity index (χ0) is 14.3. The number of aryl methyl sites for hydroxylation is 2. The van der Waals surface area contributed by atoms with Crippen LogP contribution in [0.3, 0.4) is 0 Å². The summed E-state index contributed by atoms with van der Waals surface area (Å²) in [7, 11) is 12.5. The van der Waals surface area contributed by atoms with Crippen LogP contribution in [0.25, 0.3) is 5.57 Å². The minimum atomic E-state index is -1.91. The van der Waals surface area contributed by atoms with E-state index in [1.807, 2.05) is 6.07 Å². The van der Waals surface area contributed by atoms with Crippen LogP contribution in [0, 0.1) is 13.8 Å². The third-order valence-corrected chi connectivity index (χ3v) is 6.76. The summed E-state index contributed by atoms with van der Waals surface area (Å²) in [5.74, 6) is 0. The van der Waals surface area contributed by atoms with Crippen molar-refractivity contribution in [3.8, 4) is 0 Å². The summed E-state index contributed by atoms with van der Waals surface area (Å²) in [5.41, 5.74) is 7.59. The zero-order valence-corrected chi connectivity index (χ0v) is 14.5. The van der Waals surface area contributed by atoms with Gasteiger partial charge in [-0.15, -0.1) is 0 Å². The van der Waals surface area contributed by atoms with E-state index in [0.29, 0.717) is 0 Å². The summed E-state index contributed by atoms with van der Waals surface area (Å²) < 4.78 is 1.13. The fraction of sp³-hybridized carbons (Fsp3) is 0.118. The first-order valence-electron chi connectivity index (χ1n) is 6.34. The number of rotatable bonds is 1. The third-order valence-electron chi connectivity index (χ3n) is 3.63. The molecule has 104 valence electrons. The van der Waals surface area contributed by atoms with Crippen molar-refractivity contribution < 1.29 is 13.5 Å². The van der Waals surface area contributed by atoms with Gasteiger partial charge in [0.2, 0.25) is 0 Å². The van der Waals surface area contributed by atoms with Gasteiger partial charge in [0, 0.05) is 0 Å². The van der Waals surface area contributed by atoms with Crippen molar-refractivity contribution in [2.24, 2.45) is 0 Å². The van der Waals surface area contributed by atoms with Crippen LogP contribution < -0.4 is 0 Å². The average Bonchev–Trinajstić information content (AvgIpc) is 2.79. The molecule has 0 N–H and O–H groups in total. The van der Waals surface area contributed by atoms with Crippen LogP contribution in [0.4, 0.5) is 0 Å². The second-order valence-electron chi connectivity index (χ2n) is 4.89. The molecule has 0 aromatic heterocycles. The van der Waals surface area contributed by atoms with E-state index in [2.05, 4.69) is 56.3 Å². The van der Waals surface area contributed by atoms with Crippen LogP contribution in [0.5, 0.6) is 0 Å². The molecule has 1 aliphatic rings. The van der Waals surface area contributed by atoms with E-state index in [1.165, 1.54) is 33.4 Å². The third kappa shape index (κ3) is 2.33. The minimum absolute atomic E-state index is 1.13. The van der Waals surface area contributed by atoms with Crippen molar-refractivity contribution in [3.63, 3.8) is 0 Å². The van der Waals surface area contributed by atoms with E-state index in [-0.39, 0.29) is 0 Å². The van der Waals surface area contributed by atoms with E-state index < -0.39 is 13.5 Å².